The number of aromatic nitrogens is 4. The number of Topliss-reactive ketones (excluding diaryl/α,β-unsaturated/α-hetero) is 1. The number of rotatable bonds is 4. The first-order valence-corrected chi connectivity index (χ1v) is 8.58. The normalized spacial score (nSPS) is 14.2. The molecule has 0 saturated heterocycles. The predicted molar refractivity (Wildman–Crippen MR) is 93.2 cm³/mol. The van der Waals surface area contributed by atoms with E-state index >= 15 is 0 Å². The molecular weight excluding hydrogens is 332 g/mol. The lowest BCUT2D eigenvalue weighted by molar-refractivity contribution is 0.0307. The number of carbonyl (C=O) groups is 2. The van der Waals surface area contributed by atoms with E-state index in [1.165, 1.54) is 15.6 Å². The molecule has 1 atom stereocenters. The van der Waals surface area contributed by atoms with Crippen LogP contribution in [0.2, 0.25) is 0 Å². The van der Waals surface area contributed by atoms with Gasteiger partial charge < -0.3 is 4.74 Å². The molecular formula is C19H18N4O3. The van der Waals surface area contributed by atoms with Crippen molar-refractivity contribution < 1.29 is 14.3 Å². The van der Waals surface area contributed by atoms with Crippen molar-refractivity contribution in [2.24, 2.45) is 0 Å². The molecule has 0 saturated carbocycles. The van der Waals surface area contributed by atoms with Crippen LogP contribution in [0.4, 0.5) is 0 Å². The van der Waals surface area contributed by atoms with Crippen LogP contribution in [0, 0.1) is 6.92 Å². The van der Waals surface area contributed by atoms with Gasteiger partial charge >= 0.3 is 5.97 Å². The summed E-state index contributed by atoms with van der Waals surface area (Å²) in [5.41, 5.74) is 3.86. The summed E-state index contributed by atoms with van der Waals surface area (Å²) in [6.45, 7) is 3.39. The molecule has 1 aromatic carbocycles. The second-order valence-electron chi connectivity index (χ2n) is 6.48. The van der Waals surface area contributed by atoms with Gasteiger partial charge in [-0.2, -0.15) is 4.98 Å². The van der Waals surface area contributed by atoms with Gasteiger partial charge in [0.2, 0.25) is 5.78 Å². The Morgan fingerprint density at radius 1 is 1.19 bits per heavy atom. The topological polar surface area (TPSA) is 86.5 Å². The lowest BCUT2D eigenvalue weighted by Crippen LogP contribution is -2.25. The van der Waals surface area contributed by atoms with Crippen LogP contribution in [-0.2, 0) is 17.6 Å². The largest absolute Gasteiger partial charge is 0.448 e. The Labute approximate surface area is 150 Å². The van der Waals surface area contributed by atoms with Gasteiger partial charge in [-0.15, -0.1) is 5.10 Å². The lowest BCUT2D eigenvalue weighted by Gasteiger charge is -2.12. The molecule has 0 spiro atoms. The Kier molecular flexibility index (Phi) is 3.99. The lowest BCUT2D eigenvalue weighted by atomic mass is 10.0. The smallest absolute Gasteiger partial charge is 0.379 e. The van der Waals surface area contributed by atoms with E-state index in [1.807, 2.05) is 19.1 Å². The van der Waals surface area contributed by atoms with Crippen LogP contribution in [0.25, 0.3) is 5.78 Å². The Balaban J connectivity index is 1.51. The van der Waals surface area contributed by atoms with Gasteiger partial charge in [-0.3, -0.25) is 4.79 Å². The third-order valence-electron chi connectivity index (χ3n) is 4.65. The number of aryl methyl sites for hydroxylation is 3. The van der Waals surface area contributed by atoms with Gasteiger partial charge in [-0.05, 0) is 56.4 Å². The fraction of sp³-hybridized carbons (Fsp3) is 0.316. The summed E-state index contributed by atoms with van der Waals surface area (Å²) < 4.78 is 6.75. The number of esters is 1. The van der Waals surface area contributed by atoms with E-state index in [4.69, 9.17) is 4.74 Å². The van der Waals surface area contributed by atoms with Crippen LogP contribution in [0.1, 0.15) is 51.1 Å². The van der Waals surface area contributed by atoms with E-state index in [2.05, 4.69) is 15.1 Å². The van der Waals surface area contributed by atoms with Crippen LogP contribution < -0.4 is 0 Å². The van der Waals surface area contributed by atoms with Crippen LogP contribution in [0.3, 0.4) is 0 Å². The van der Waals surface area contributed by atoms with E-state index in [-0.39, 0.29) is 11.6 Å². The number of benzene rings is 1. The number of nitrogens with zero attached hydrogens (tertiary/aromatic N) is 4. The van der Waals surface area contributed by atoms with Crippen molar-refractivity contribution in [3.8, 4) is 0 Å². The molecule has 0 amide bonds. The molecule has 0 aliphatic heterocycles. The molecule has 26 heavy (non-hydrogen) atoms. The maximum Gasteiger partial charge on any atom is 0.379 e. The zero-order chi connectivity index (χ0) is 18.3. The van der Waals surface area contributed by atoms with Gasteiger partial charge in [0.15, 0.2) is 6.10 Å². The number of carbonyl (C=O) groups excluding carboxylic acids is 2. The standard InChI is InChI=1S/C19H18N4O3/c1-11-8-9-20-19-21-17(22-23(11)19)18(25)26-12(2)16(24)15-7-6-13-4-3-5-14(13)10-15/h6-10,12H,3-5H2,1-2H3/t12-/m1/s1. The summed E-state index contributed by atoms with van der Waals surface area (Å²) in [5.74, 6) is -0.766. The van der Waals surface area contributed by atoms with Crippen molar-refractivity contribution in [1.29, 1.82) is 0 Å². The average molecular weight is 350 g/mol. The number of ketones is 1. The third kappa shape index (κ3) is 2.85. The van der Waals surface area contributed by atoms with E-state index in [1.54, 1.807) is 25.3 Å². The first-order valence-electron chi connectivity index (χ1n) is 8.58. The average Bonchev–Trinajstić information content (AvgIpc) is 3.27. The molecule has 7 nitrogen and oxygen atoms in total. The Morgan fingerprint density at radius 2 is 2.00 bits per heavy atom. The van der Waals surface area contributed by atoms with E-state index in [0.29, 0.717) is 11.3 Å². The zero-order valence-electron chi connectivity index (χ0n) is 14.6. The van der Waals surface area contributed by atoms with Crippen molar-refractivity contribution >= 4 is 17.5 Å². The van der Waals surface area contributed by atoms with Crippen LogP contribution in [0.5, 0.6) is 0 Å². The molecule has 132 valence electrons. The molecule has 0 radical (unpaired) electrons. The highest BCUT2D eigenvalue weighted by atomic mass is 16.5. The summed E-state index contributed by atoms with van der Waals surface area (Å²) in [6, 6.07) is 7.46. The number of ether oxygens (including phenoxy) is 1. The summed E-state index contributed by atoms with van der Waals surface area (Å²) in [6.07, 6.45) is 3.84. The second-order valence-corrected chi connectivity index (χ2v) is 6.48. The summed E-state index contributed by atoms with van der Waals surface area (Å²) in [5, 5.41) is 4.10. The van der Waals surface area contributed by atoms with Gasteiger partial charge in [0, 0.05) is 17.5 Å². The number of hydrogen-bond acceptors (Lipinski definition) is 6. The highest BCUT2D eigenvalue weighted by Gasteiger charge is 2.24. The molecule has 0 unspecified atom stereocenters. The van der Waals surface area contributed by atoms with Crippen LogP contribution in [0.15, 0.2) is 30.5 Å². The molecule has 1 aliphatic carbocycles. The van der Waals surface area contributed by atoms with Crippen LogP contribution >= 0.6 is 0 Å². The number of fused-ring (bicyclic) bond motifs is 2. The first kappa shape index (κ1) is 16.4. The maximum atomic E-state index is 12.6. The molecule has 0 fully saturated rings. The molecule has 2 heterocycles. The van der Waals surface area contributed by atoms with Crippen molar-refractivity contribution in [3.05, 3.63) is 58.7 Å². The summed E-state index contributed by atoms with van der Waals surface area (Å²) in [7, 11) is 0. The molecule has 0 N–H and O–H groups in total. The minimum absolute atomic E-state index is 0.111. The van der Waals surface area contributed by atoms with Gasteiger partial charge in [0.1, 0.15) is 0 Å². The van der Waals surface area contributed by atoms with Crippen molar-refractivity contribution in [2.45, 2.75) is 39.2 Å². The zero-order valence-corrected chi connectivity index (χ0v) is 14.6. The van der Waals surface area contributed by atoms with Crippen molar-refractivity contribution in [1.82, 2.24) is 19.6 Å². The monoisotopic (exact) mass is 350 g/mol. The van der Waals surface area contributed by atoms with Gasteiger partial charge in [-0.25, -0.2) is 14.3 Å². The Bertz CT molecular complexity index is 1020. The van der Waals surface area contributed by atoms with Crippen molar-refractivity contribution in [2.75, 3.05) is 0 Å². The summed E-state index contributed by atoms with van der Waals surface area (Å²) in [4.78, 5) is 33.0. The molecule has 1 aliphatic rings. The fourth-order valence-electron chi connectivity index (χ4n) is 3.22. The van der Waals surface area contributed by atoms with E-state index in [9.17, 15) is 9.59 Å². The second kappa shape index (κ2) is 6.33. The molecule has 7 heteroatoms. The Hall–Kier alpha value is -3.09. The van der Waals surface area contributed by atoms with E-state index < -0.39 is 12.1 Å². The summed E-state index contributed by atoms with van der Waals surface area (Å²) >= 11 is 0. The predicted octanol–water partition coefficient (Wildman–Crippen LogP) is 2.35. The minimum Gasteiger partial charge on any atom is -0.448 e. The van der Waals surface area contributed by atoms with Gasteiger partial charge in [-0.1, -0.05) is 12.1 Å². The molecule has 4 rings (SSSR count). The van der Waals surface area contributed by atoms with Crippen molar-refractivity contribution in [3.63, 3.8) is 0 Å². The molecule has 3 aromatic rings. The van der Waals surface area contributed by atoms with E-state index in [0.717, 1.165) is 25.0 Å². The fourth-order valence-corrected chi connectivity index (χ4v) is 3.22. The van der Waals surface area contributed by atoms with Gasteiger partial charge in [0.25, 0.3) is 11.6 Å². The minimum atomic E-state index is -0.914. The third-order valence-corrected chi connectivity index (χ3v) is 4.65. The highest BCUT2D eigenvalue weighted by Crippen LogP contribution is 2.23. The van der Waals surface area contributed by atoms with Gasteiger partial charge in [0.05, 0.1) is 0 Å². The first-order chi connectivity index (χ1) is 12.5. The molecule has 2 aromatic heterocycles. The quantitative estimate of drug-likeness (QED) is 0.530. The SMILES string of the molecule is Cc1ccnc2nc(C(=O)O[C@H](C)C(=O)c3ccc4c(c3)CCC4)nn12. The Morgan fingerprint density at radius 3 is 2.81 bits per heavy atom. The molecule has 0 bridgehead atoms. The highest BCUT2D eigenvalue weighted by molar-refractivity contribution is 6.01. The van der Waals surface area contributed by atoms with Crippen LogP contribution in [-0.4, -0.2) is 37.4 Å². The number of hydrogen-bond donors (Lipinski definition) is 0. The maximum absolute atomic E-state index is 12.6.